The van der Waals surface area contributed by atoms with Crippen molar-refractivity contribution in [2.45, 2.75) is 86.4 Å². The van der Waals surface area contributed by atoms with Crippen LogP contribution in [-0.2, 0) is 32.3 Å². The molecule has 1 aromatic heterocycles. The van der Waals surface area contributed by atoms with Crippen LogP contribution in [0.15, 0.2) is 6.20 Å². The van der Waals surface area contributed by atoms with E-state index in [-0.39, 0.29) is 30.9 Å². The van der Waals surface area contributed by atoms with Gasteiger partial charge in [0.15, 0.2) is 0 Å². The lowest BCUT2D eigenvalue weighted by Gasteiger charge is -2.24. The van der Waals surface area contributed by atoms with Gasteiger partial charge in [-0.3, -0.25) is 14.6 Å². The van der Waals surface area contributed by atoms with Gasteiger partial charge in [0.25, 0.3) is 0 Å². The van der Waals surface area contributed by atoms with Crippen LogP contribution in [0.5, 0.6) is 5.75 Å². The molecule has 1 heterocycles. The average molecular weight is 442 g/mol. The highest BCUT2D eigenvalue weighted by Gasteiger charge is 2.31. The summed E-state index contributed by atoms with van der Waals surface area (Å²) in [7, 11) is 0. The number of hydrogen-bond acceptors (Lipinski definition) is 6. The van der Waals surface area contributed by atoms with Crippen LogP contribution < -0.4 is 0 Å². The second-order valence-electron chi connectivity index (χ2n) is 9.23. The molecular formula is C26H35NO5. The number of aromatic nitrogens is 1. The SMILES string of the molecule is C#CCCCC(C)(C)C(=O)OCc1cnc(C)c(O)c1COC(=O)C(C)(C)CCCC#C. The molecule has 0 spiro atoms. The van der Waals surface area contributed by atoms with Gasteiger partial charge in [-0.2, -0.15) is 0 Å². The van der Waals surface area contributed by atoms with Crippen molar-refractivity contribution in [1.82, 2.24) is 4.98 Å². The highest BCUT2D eigenvalue weighted by molar-refractivity contribution is 5.76. The van der Waals surface area contributed by atoms with Gasteiger partial charge in [-0.15, -0.1) is 24.7 Å². The molecule has 6 heteroatoms. The van der Waals surface area contributed by atoms with Gasteiger partial charge in [0.2, 0.25) is 0 Å². The van der Waals surface area contributed by atoms with Crippen LogP contribution in [-0.4, -0.2) is 22.0 Å². The maximum Gasteiger partial charge on any atom is 0.311 e. The maximum atomic E-state index is 12.6. The summed E-state index contributed by atoms with van der Waals surface area (Å²) >= 11 is 0. The number of aromatic hydroxyl groups is 1. The first-order chi connectivity index (χ1) is 15.0. The first-order valence-corrected chi connectivity index (χ1v) is 10.8. The Hall–Kier alpha value is -2.99. The number of pyridine rings is 1. The molecule has 0 bridgehead atoms. The molecule has 0 aliphatic carbocycles. The number of rotatable bonds is 12. The van der Waals surface area contributed by atoms with Crippen LogP contribution >= 0.6 is 0 Å². The minimum Gasteiger partial charge on any atom is -0.506 e. The van der Waals surface area contributed by atoms with E-state index in [1.807, 2.05) is 13.8 Å². The number of carbonyl (C=O) groups excluding carboxylic acids is 2. The highest BCUT2D eigenvalue weighted by atomic mass is 16.5. The molecule has 1 N–H and O–H groups in total. The number of carbonyl (C=O) groups is 2. The first kappa shape index (κ1) is 27.0. The number of esters is 2. The minimum atomic E-state index is -0.705. The minimum absolute atomic E-state index is 0.0789. The second-order valence-corrected chi connectivity index (χ2v) is 9.23. The molecule has 0 aliphatic heterocycles. The van der Waals surface area contributed by atoms with E-state index in [1.54, 1.807) is 20.8 Å². The number of ether oxygens (including phenoxy) is 2. The molecule has 0 aliphatic rings. The molecule has 0 fully saturated rings. The molecule has 1 rings (SSSR count). The summed E-state index contributed by atoms with van der Waals surface area (Å²) in [6.07, 6.45) is 15.9. The third-order valence-corrected chi connectivity index (χ3v) is 5.49. The van der Waals surface area contributed by atoms with Crippen molar-refractivity contribution >= 4 is 11.9 Å². The lowest BCUT2D eigenvalue weighted by molar-refractivity contribution is -0.157. The fraction of sp³-hybridized carbons (Fsp3) is 0.577. The smallest absolute Gasteiger partial charge is 0.311 e. The summed E-state index contributed by atoms with van der Waals surface area (Å²) in [5.74, 6) is 4.29. The van der Waals surface area contributed by atoms with Gasteiger partial charge in [0, 0.05) is 30.2 Å². The van der Waals surface area contributed by atoms with Crippen LogP contribution in [0.2, 0.25) is 0 Å². The van der Waals surface area contributed by atoms with Gasteiger partial charge < -0.3 is 14.6 Å². The van der Waals surface area contributed by atoms with E-state index in [2.05, 4.69) is 16.8 Å². The zero-order valence-corrected chi connectivity index (χ0v) is 19.9. The molecule has 32 heavy (non-hydrogen) atoms. The standard InChI is InChI=1S/C26H35NO5/c1-8-10-12-14-25(4,5)23(29)31-17-20-16-27-19(3)22(28)21(20)18-32-24(30)26(6,7)15-13-11-9-2/h1-2,16,28H,10-15,17-18H2,3-7H3. The predicted octanol–water partition coefficient (Wildman–Crippen LogP) is 4.84. The third kappa shape index (κ3) is 7.93. The van der Waals surface area contributed by atoms with E-state index in [0.717, 1.165) is 12.8 Å². The summed E-state index contributed by atoms with van der Waals surface area (Å²) < 4.78 is 11.0. The van der Waals surface area contributed by atoms with Gasteiger partial charge in [0.05, 0.1) is 16.5 Å². The van der Waals surface area contributed by atoms with Crippen molar-refractivity contribution < 1.29 is 24.2 Å². The van der Waals surface area contributed by atoms with Crippen molar-refractivity contribution in [3.8, 4) is 30.4 Å². The Kier molecular flexibility index (Phi) is 10.3. The van der Waals surface area contributed by atoms with Gasteiger partial charge in [-0.25, -0.2) is 0 Å². The molecule has 0 unspecified atom stereocenters. The molecule has 0 saturated heterocycles. The summed E-state index contributed by atoms with van der Waals surface area (Å²) in [5.41, 5.74) is -0.133. The summed E-state index contributed by atoms with van der Waals surface area (Å²) in [4.78, 5) is 29.3. The zero-order chi connectivity index (χ0) is 24.4. The van der Waals surface area contributed by atoms with Crippen LogP contribution in [0.25, 0.3) is 0 Å². The molecule has 0 atom stereocenters. The zero-order valence-electron chi connectivity index (χ0n) is 19.9. The van der Waals surface area contributed by atoms with E-state index in [4.69, 9.17) is 22.3 Å². The number of nitrogens with zero attached hydrogens (tertiary/aromatic N) is 1. The van der Waals surface area contributed by atoms with Crippen LogP contribution in [0, 0.1) is 42.4 Å². The average Bonchev–Trinajstić information content (AvgIpc) is 2.73. The Bertz CT molecular complexity index is 887. The van der Waals surface area contributed by atoms with E-state index >= 15 is 0 Å². The van der Waals surface area contributed by atoms with Crippen LogP contribution in [0.4, 0.5) is 0 Å². The Labute approximate surface area is 192 Å². The third-order valence-electron chi connectivity index (χ3n) is 5.49. The highest BCUT2D eigenvalue weighted by Crippen LogP contribution is 2.30. The lowest BCUT2D eigenvalue weighted by atomic mass is 9.87. The van der Waals surface area contributed by atoms with E-state index in [0.29, 0.717) is 42.5 Å². The quantitative estimate of drug-likeness (QED) is 0.284. The van der Waals surface area contributed by atoms with Crippen LogP contribution in [0.1, 0.15) is 83.0 Å². The fourth-order valence-corrected chi connectivity index (χ4v) is 3.11. The lowest BCUT2D eigenvalue weighted by Crippen LogP contribution is -2.27. The molecular weight excluding hydrogens is 406 g/mol. The van der Waals surface area contributed by atoms with E-state index in [9.17, 15) is 14.7 Å². The topological polar surface area (TPSA) is 85.7 Å². The molecule has 0 aromatic carbocycles. The normalized spacial score (nSPS) is 11.3. The number of unbranched alkanes of at least 4 members (excludes halogenated alkanes) is 2. The van der Waals surface area contributed by atoms with Crippen molar-refractivity contribution in [2.75, 3.05) is 0 Å². The molecule has 1 aromatic rings. The van der Waals surface area contributed by atoms with Crippen molar-refractivity contribution in [3.63, 3.8) is 0 Å². The summed E-state index contributed by atoms with van der Waals surface area (Å²) in [6.45, 7) is 8.63. The Morgan fingerprint density at radius 2 is 1.44 bits per heavy atom. The van der Waals surface area contributed by atoms with Gasteiger partial charge in [-0.05, 0) is 60.3 Å². The predicted molar refractivity (Wildman–Crippen MR) is 123 cm³/mol. The molecule has 174 valence electrons. The molecule has 6 nitrogen and oxygen atoms in total. The van der Waals surface area contributed by atoms with Crippen molar-refractivity contribution in [3.05, 3.63) is 23.0 Å². The van der Waals surface area contributed by atoms with Gasteiger partial charge in [-0.1, -0.05) is 0 Å². The summed E-state index contributed by atoms with van der Waals surface area (Å²) in [6, 6.07) is 0. The second kappa shape index (κ2) is 12.2. The Morgan fingerprint density at radius 3 is 1.91 bits per heavy atom. The fourth-order valence-electron chi connectivity index (χ4n) is 3.11. The largest absolute Gasteiger partial charge is 0.506 e. The Balaban J connectivity index is 2.87. The molecule has 0 saturated carbocycles. The first-order valence-electron chi connectivity index (χ1n) is 10.8. The van der Waals surface area contributed by atoms with Crippen LogP contribution in [0.3, 0.4) is 0 Å². The number of terminal acetylenes is 2. The van der Waals surface area contributed by atoms with E-state index in [1.165, 1.54) is 6.20 Å². The summed E-state index contributed by atoms with van der Waals surface area (Å²) in [5, 5.41) is 10.5. The molecule has 0 amide bonds. The van der Waals surface area contributed by atoms with Crippen molar-refractivity contribution in [2.24, 2.45) is 10.8 Å². The van der Waals surface area contributed by atoms with Gasteiger partial charge >= 0.3 is 11.9 Å². The monoisotopic (exact) mass is 441 g/mol. The van der Waals surface area contributed by atoms with Gasteiger partial charge in [0.1, 0.15) is 19.0 Å². The number of hydrogen-bond donors (Lipinski definition) is 1. The van der Waals surface area contributed by atoms with Crippen molar-refractivity contribution in [1.29, 1.82) is 0 Å². The Morgan fingerprint density at radius 1 is 0.969 bits per heavy atom. The molecule has 0 radical (unpaired) electrons. The maximum absolute atomic E-state index is 12.6. The van der Waals surface area contributed by atoms with E-state index < -0.39 is 10.8 Å². The number of aryl methyl sites for hydroxylation is 1.